The van der Waals surface area contributed by atoms with Gasteiger partial charge in [-0.1, -0.05) is 12.2 Å². The van der Waals surface area contributed by atoms with Crippen LogP contribution in [0.4, 0.5) is 11.5 Å². The third kappa shape index (κ3) is 3.46. The van der Waals surface area contributed by atoms with E-state index in [1.54, 1.807) is 30.3 Å². The van der Waals surface area contributed by atoms with Crippen LogP contribution in [-0.2, 0) is 11.3 Å². The molecule has 2 aromatic heterocycles. The molecule has 19 heavy (non-hydrogen) atoms. The maximum absolute atomic E-state index is 5.63. The van der Waals surface area contributed by atoms with Crippen LogP contribution in [0.5, 0.6) is 0 Å². The Labute approximate surface area is 115 Å². The maximum Gasteiger partial charge on any atom is 0.163 e. The van der Waals surface area contributed by atoms with E-state index in [0.29, 0.717) is 24.5 Å². The fourth-order valence-corrected chi connectivity index (χ4v) is 1.66. The Morgan fingerprint density at radius 2 is 2.42 bits per heavy atom. The molecule has 3 N–H and O–H groups in total. The Morgan fingerprint density at radius 1 is 1.58 bits per heavy atom. The number of aromatic nitrogens is 4. The first-order valence-electron chi connectivity index (χ1n) is 5.60. The van der Waals surface area contributed by atoms with Crippen LogP contribution in [0.2, 0.25) is 0 Å². The molecule has 0 aliphatic heterocycles. The molecule has 0 aliphatic carbocycles. The normalized spacial score (nSPS) is 10.4. The van der Waals surface area contributed by atoms with E-state index in [1.165, 1.54) is 0 Å². The molecule has 0 fully saturated rings. The van der Waals surface area contributed by atoms with Gasteiger partial charge < -0.3 is 15.8 Å². The number of ether oxygens (including phenoxy) is 1. The number of thiocarbonyl (C=S) groups is 1. The Morgan fingerprint density at radius 3 is 3.16 bits per heavy atom. The van der Waals surface area contributed by atoms with Crippen molar-refractivity contribution in [3.8, 4) is 0 Å². The van der Waals surface area contributed by atoms with Crippen molar-refractivity contribution in [3.05, 3.63) is 30.2 Å². The van der Waals surface area contributed by atoms with E-state index in [4.69, 9.17) is 22.7 Å². The van der Waals surface area contributed by atoms with Crippen LogP contribution in [0.25, 0.3) is 0 Å². The lowest BCUT2D eigenvalue weighted by atomic mass is 10.3. The summed E-state index contributed by atoms with van der Waals surface area (Å²) in [5.74, 6) is 0.515. The van der Waals surface area contributed by atoms with E-state index < -0.39 is 0 Å². The standard InChI is InChI=1S/C11H14N6OS/c1-18-5-4-17-7-8(6-14-17)15-11-9(10(12)19)2-3-13-16-11/h2-3,6-7H,4-5H2,1H3,(H2,12,19)(H,15,16). The Kier molecular flexibility index (Phi) is 4.37. The molecule has 8 heteroatoms. The summed E-state index contributed by atoms with van der Waals surface area (Å²) in [7, 11) is 1.65. The number of nitrogens with zero attached hydrogens (tertiary/aromatic N) is 4. The van der Waals surface area contributed by atoms with Crippen LogP contribution in [0.3, 0.4) is 0 Å². The third-order valence-electron chi connectivity index (χ3n) is 2.41. The van der Waals surface area contributed by atoms with Gasteiger partial charge in [0, 0.05) is 13.3 Å². The number of anilines is 2. The topological polar surface area (TPSA) is 90.9 Å². The van der Waals surface area contributed by atoms with Gasteiger partial charge in [-0.05, 0) is 6.07 Å². The summed E-state index contributed by atoms with van der Waals surface area (Å²) in [5, 5.41) is 15.1. The highest BCUT2D eigenvalue weighted by Gasteiger charge is 2.08. The van der Waals surface area contributed by atoms with E-state index in [2.05, 4.69) is 20.6 Å². The summed E-state index contributed by atoms with van der Waals surface area (Å²) in [5.41, 5.74) is 7.06. The van der Waals surface area contributed by atoms with Crippen LogP contribution >= 0.6 is 12.2 Å². The smallest absolute Gasteiger partial charge is 0.163 e. The predicted octanol–water partition coefficient (Wildman–Crippen LogP) is 0.697. The van der Waals surface area contributed by atoms with Crippen molar-refractivity contribution in [1.82, 2.24) is 20.0 Å². The van der Waals surface area contributed by atoms with Crippen molar-refractivity contribution in [2.45, 2.75) is 6.54 Å². The highest BCUT2D eigenvalue weighted by molar-refractivity contribution is 7.80. The van der Waals surface area contributed by atoms with Crippen LogP contribution in [0.1, 0.15) is 5.56 Å². The van der Waals surface area contributed by atoms with E-state index >= 15 is 0 Å². The summed E-state index contributed by atoms with van der Waals surface area (Å²) in [6, 6.07) is 1.72. The van der Waals surface area contributed by atoms with E-state index in [9.17, 15) is 0 Å². The summed E-state index contributed by atoms with van der Waals surface area (Å²) >= 11 is 4.96. The second-order valence-corrected chi connectivity index (χ2v) is 4.21. The first-order valence-corrected chi connectivity index (χ1v) is 6.01. The molecule has 0 aromatic carbocycles. The molecule has 2 aromatic rings. The van der Waals surface area contributed by atoms with Gasteiger partial charge in [-0.25, -0.2) is 0 Å². The van der Waals surface area contributed by atoms with Gasteiger partial charge in [0.05, 0.1) is 36.8 Å². The maximum atomic E-state index is 5.63. The lowest BCUT2D eigenvalue weighted by molar-refractivity contribution is 0.183. The second-order valence-electron chi connectivity index (χ2n) is 3.77. The van der Waals surface area contributed by atoms with Crippen molar-refractivity contribution in [1.29, 1.82) is 0 Å². The van der Waals surface area contributed by atoms with Crippen LogP contribution in [-0.4, -0.2) is 38.7 Å². The largest absolute Gasteiger partial charge is 0.389 e. The SMILES string of the molecule is COCCn1cc(Nc2nnccc2C(N)=S)cn1. The quantitative estimate of drug-likeness (QED) is 0.751. The molecule has 0 amide bonds. The Balaban J connectivity index is 2.13. The number of hydrogen-bond acceptors (Lipinski definition) is 6. The fourth-order valence-electron chi connectivity index (χ4n) is 1.49. The summed E-state index contributed by atoms with van der Waals surface area (Å²) < 4.78 is 6.75. The fraction of sp³-hybridized carbons (Fsp3) is 0.273. The predicted molar refractivity (Wildman–Crippen MR) is 75.3 cm³/mol. The van der Waals surface area contributed by atoms with E-state index in [-0.39, 0.29) is 4.99 Å². The monoisotopic (exact) mass is 278 g/mol. The molecule has 0 atom stereocenters. The lowest BCUT2D eigenvalue weighted by Gasteiger charge is -2.06. The van der Waals surface area contributed by atoms with Crippen molar-refractivity contribution in [2.24, 2.45) is 5.73 Å². The van der Waals surface area contributed by atoms with Crippen molar-refractivity contribution < 1.29 is 4.74 Å². The van der Waals surface area contributed by atoms with Gasteiger partial charge in [-0.3, -0.25) is 4.68 Å². The first kappa shape index (κ1) is 13.4. The molecule has 0 bridgehead atoms. The minimum Gasteiger partial charge on any atom is -0.389 e. The zero-order valence-corrected chi connectivity index (χ0v) is 11.2. The Bertz CT molecular complexity index is 570. The van der Waals surface area contributed by atoms with E-state index in [0.717, 1.165) is 5.69 Å². The molecule has 0 spiro atoms. The van der Waals surface area contributed by atoms with Gasteiger partial charge in [0.25, 0.3) is 0 Å². The number of rotatable bonds is 6. The van der Waals surface area contributed by atoms with E-state index in [1.807, 2.05) is 6.20 Å². The highest BCUT2D eigenvalue weighted by atomic mass is 32.1. The Hall–Kier alpha value is -2.06. The molecule has 0 unspecified atom stereocenters. The lowest BCUT2D eigenvalue weighted by Crippen LogP contribution is -2.13. The molecule has 0 saturated heterocycles. The molecule has 0 radical (unpaired) electrons. The summed E-state index contributed by atoms with van der Waals surface area (Å²) in [6.07, 6.45) is 5.08. The minimum atomic E-state index is 0.268. The van der Waals surface area contributed by atoms with Gasteiger partial charge in [0.1, 0.15) is 4.99 Å². The number of hydrogen-bond donors (Lipinski definition) is 2. The first-order chi connectivity index (χ1) is 9.20. The van der Waals surface area contributed by atoms with Crippen LogP contribution < -0.4 is 11.1 Å². The van der Waals surface area contributed by atoms with Crippen molar-refractivity contribution >= 4 is 28.7 Å². The number of methoxy groups -OCH3 is 1. The number of nitrogens with one attached hydrogen (secondary N) is 1. The molecule has 0 aliphatic rings. The second kappa shape index (κ2) is 6.21. The zero-order chi connectivity index (χ0) is 13.7. The number of nitrogens with two attached hydrogens (primary N) is 1. The van der Waals surface area contributed by atoms with Crippen LogP contribution in [0, 0.1) is 0 Å². The molecule has 2 rings (SSSR count). The molecule has 100 valence electrons. The minimum absolute atomic E-state index is 0.268. The van der Waals surface area contributed by atoms with Gasteiger partial charge in [-0.2, -0.15) is 10.2 Å². The summed E-state index contributed by atoms with van der Waals surface area (Å²) in [4.78, 5) is 0.268. The molecular formula is C11H14N6OS. The zero-order valence-electron chi connectivity index (χ0n) is 10.4. The van der Waals surface area contributed by atoms with Gasteiger partial charge in [0.15, 0.2) is 5.82 Å². The average molecular weight is 278 g/mol. The van der Waals surface area contributed by atoms with Crippen LogP contribution in [0.15, 0.2) is 24.7 Å². The molecular weight excluding hydrogens is 264 g/mol. The van der Waals surface area contributed by atoms with Crippen molar-refractivity contribution in [2.75, 3.05) is 19.0 Å². The van der Waals surface area contributed by atoms with Gasteiger partial charge >= 0.3 is 0 Å². The van der Waals surface area contributed by atoms with Gasteiger partial charge in [0.2, 0.25) is 0 Å². The van der Waals surface area contributed by atoms with Gasteiger partial charge in [-0.15, -0.1) is 5.10 Å². The summed E-state index contributed by atoms with van der Waals surface area (Å²) in [6.45, 7) is 1.28. The molecule has 2 heterocycles. The van der Waals surface area contributed by atoms with Crippen molar-refractivity contribution in [3.63, 3.8) is 0 Å². The third-order valence-corrected chi connectivity index (χ3v) is 2.63. The molecule has 7 nitrogen and oxygen atoms in total. The molecule has 0 saturated carbocycles. The highest BCUT2D eigenvalue weighted by Crippen LogP contribution is 2.16. The average Bonchev–Trinajstić information content (AvgIpc) is 2.84.